The lowest BCUT2D eigenvalue weighted by atomic mass is 9.97. The van der Waals surface area contributed by atoms with E-state index in [0.717, 1.165) is 0 Å². The summed E-state index contributed by atoms with van der Waals surface area (Å²) >= 11 is 0. The second-order valence-electron chi connectivity index (χ2n) is 6.72. The number of nitrogens with two attached hydrogens (primary N) is 1. The van der Waals surface area contributed by atoms with Gasteiger partial charge in [-0.25, -0.2) is 4.79 Å². The summed E-state index contributed by atoms with van der Waals surface area (Å²) in [5.41, 5.74) is 5.58. The molecule has 0 aromatic rings. The van der Waals surface area contributed by atoms with Gasteiger partial charge in [-0.2, -0.15) is 0 Å². The number of aliphatic hydroxyl groups is 1. The van der Waals surface area contributed by atoms with Gasteiger partial charge in [-0.05, 0) is 19.3 Å². The van der Waals surface area contributed by atoms with Crippen LogP contribution in [-0.4, -0.2) is 75.8 Å². The monoisotopic (exact) mass is 418 g/mol. The number of aliphatic carboxylic acids is 2. The number of nitrogens with one attached hydrogen (secondary N) is 3. The molecule has 8 N–H and O–H groups in total. The standard InChI is InChI=1S/C17H30N4O8/c1-4-8(2)13(16(27)20-11(7-22)17(28)29)21-14(25)9(3)19-15(26)10(18)5-6-12(23)24/h8-11,13,22H,4-7,18H2,1-3H3,(H,19,26)(H,20,27)(H,21,25)(H,23,24)(H,28,29). The highest BCUT2D eigenvalue weighted by Gasteiger charge is 2.31. The molecule has 0 aliphatic rings. The Morgan fingerprint density at radius 1 is 0.931 bits per heavy atom. The normalized spacial score (nSPS) is 15.9. The summed E-state index contributed by atoms with van der Waals surface area (Å²) in [5, 5.41) is 33.5. The number of carbonyl (C=O) groups is 5. The average Bonchev–Trinajstić information content (AvgIpc) is 2.66. The topological polar surface area (TPSA) is 208 Å². The van der Waals surface area contributed by atoms with Gasteiger partial charge in [0.1, 0.15) is 18.1 Å². The van der Waals surface area contributed by atoms with Crippen molar-refractivity contribution in [1.29, 1.82) is 0 Å². The maximum atomic E-state index is 12.4. The van der Waals surface area contributed by atoms with Gasteiger partial charge in [0.2, 0.25) is 17.7 Å². The Balaban J connectivity index is 5.00. The van der Waals surface area contributed by atoms with Gasteiger partial charge < -0.3 is 37.0 Å². The first kappa shape index (κ1) is 26.3. The number of amides is 3. The Hall–Kier alpha value is -2.73. The number of carbonyl (C=O) groups excluding carboxylic acids is 3. The third-order valence-corrected chi connectivity index (χ3v) is 4.35. The van der Waals surface area contributed by atoms with E-state index in [0.29, 0.717) is 6.42 Å². The largest absolute Gasteiger partial charge is 0.481 e. The first-order valence-corrected chi connectivity index (χ1v) is 9.16. The van der Waals surface area contributed by atoms with Gasteiger partial charge in [-0.1, -0.05) is 20.3 Å². The van der Waals surface area contributed by atoms with Crippen molar-refractivity contribution in [3.8, 4) is 0 Å². The van der Waals surface area contributed by atoms with Crippen LogP contribution in [0.4, 0.5) is 0 Å². The van der Waals surface area contributed by atoms with Crippen LogP contribution >= 0.6 is 0 Å². The molecule has 29 heavy (non-hydrogen) atoms. The van der Waals surface area contributed by atoms with Gasteiger partial charge in [-0.15, -0.1) is 0 Å². The minimum Gasteiger partial charge on any atom is -0.481 e. The minimum atomic E-state index is -1.52. The van der Waals surface area contributed by atoms with Crippen LogP contribution in [0.25, 0.3) is 0 Å². The summed E-state index contributed by atoms with van der Waals surface area (Å²) < 4.78 is 0. The molecular weight excluding hydrogens is 388 g/mol. The maximum Gasteiger partial charge on any atom is 0.328 e. The third-order valence-electron chi connectivity index (χ3n) is 4.35. The van der Waals surface area contributed by atoms with Gasteiger partial charge in [0.05, 0.1) is 12.6 Å². The van der Waals surface area contributed by atoms with E-state index in [-0.39, 0.29) is 18.8 Å². The Morgan fingerprint density at radius 3 is 1.97 bits per heavy atom. The summed E-state index contributed by atoms with van der Waals surface area (Å²) in [7, 11) is 0. The van der Waals surface area contributed by atoms with Crippen LogP contribution < -0.4 is 21.7 Å². The number of carboxylic acids is 2. The molecule has 0 bridgehead atoms. The zero-order valence-corrected chi connectivity index (χ0v) is 16.7. The van der Waals surface area contributed by atoms with Crippen molar-refractivity contribution in [3.63, 3.8) is 0 Å². The summed E-state index contributed by atoms with van der Waals surface area (Å²) in [4.78, 5) is 58.2. The van der Waals surface area contributed by atoms with E-state index >= 15 is 0 Å². The second kappa shape index (κ2) is 12.7. The average molecular weight is 418 g/mol. The zero-order chi connectivity index (χ0) is 22.7. The summed E-state index contributed by atoms with van der Waals surface area (Å²) in [5.74, 6) is -5.11. The number of carboxylic acid groups (broad SMARTS) is 2. The van der Waals surface area contributed by atoms with Crippen LogP contribution in [0.2, 0.25) is 0 Å². The first-order chi connectivity index (χ1) is 13.4. The van der Waals surface area contributed by atoms with Gasteiger partial charge in [0.25, 0.3) is 0 Å². The Labute approximate surface area is 168 Å². The lowest BCUT2D eigenvalue weighted by Gasteiger charge is -2.26. The van der Waals surface area contributed by atoms with Crippen molar-refractivity contribution in [1.82, 2.24) is 16.0 Å². The molecule has 0 aromatic heterocycles. The quantitative estimate of drug-likeness (QED) is 0.172. The van der Waals surface area contributed by atoms with Gasteiger partial charge in [0, 0.05) is 6.42 Å². The van der Waals surface area contributed by atoms with Crippen LogP contribution in [0.15, 0.2) is 0 Å². The van der Waals surface area contributed by atoms with Crippen molar-refractivity contribution >= 4 is 29.7 Å². The fraction of sp³-hybridized carbons (Fsp3) is 0.706. The molecule has 0 radical (unpaired) electrons. The Bertz CT molecular complexity index is 612. The summed E-state index contributed by atoms with van der Waals surface area (Å²) in [6.45, 7) is 3.98. The number of hydrogen-bond donors (Lipinski definition) is 7. The van der Waals surface area contributed by atoms with E-state index in [1.54, 1.807) is 13.8 Å². The minimum absolute atomic E-state index is 0.106. The van der Waals surface area contributed by atoms with Crippen molar-refractivity contribution < 1.29 is 39.3 Å². The molecule has 0 saturated carbocycles. The smallest absolute Gasteiger partial charge is 0.328 e. The molecule has 0 fully saturated rings. The van der Waals surface area contributed by atoms with Crippen LogP contribution in [-0.2, 0) is 24.0 Å². The number of aliphatic hydroxyl groups excluding tert-OH is 1. The van der Waals surface area contributed by atoms with Crippen LogP contribution in [0.3, 0.4) is 0 Å². The molecule has 0 aliphatic heterocycles. The molecular formula is C17H30N4O8. The van der Waals surface area contributed by atoms with E-state index in [2.05, 4.69) is 16.0 Å². The van der Waals surface area contributed by atoms with Crippen molar-refractivity contribution in [2.45, 2.75) is 64.2 Å². The van der Waals surface area contributed by atoms with Crippen molar-refractivity contribution in [2.24, 2.45) is 11.7 Å². The van der Waals surface area contributed by atoms with Crippen LogP contribution in [0.1, 0.15) is 40.0 Å². The molecule has 0 aliphatic carbocycles. The zero-order valence-electron chi connectivity index (χ0n) is 16.7. The summed E-state index contributed by atoms with van der Waals surface area (Å²) in [6.07, 6.45) is 0.0716. The number of rotatable bonds is 13. The van der Waals surface area contributed by atoms with Crippen molar-refractivity contribution in [3.05, 3.63) is 0 Å². The van der Waals surface area contributed by atoms with E-state index in [1.807, 2.05) is 0 Å². The van der Waals surface area contributed by atoms with Gasteiger partial charge >= 0.3 is 11.9 Å². The molecule has 0 aromatic carbocycles. The summed E-state index contributed by atoms with van der Waals surface area (Å²) in [6, 6.07) is -4.81. The maximum absolute atomic E-state index is 12.4. The molecule has 166 valence electrons. The van der Waals surface area contributed by atoms with Gasteiger partial charge in [0.15, 0.2) is 0 Å². The molecule has 0 heterocycles. The van der Waals surface area contributed by atoms with Crippen molar-refractivity contribution in [2.75, 3.05) is 6.61 Å². The third kappa shape index (κ3) is 9.34. The highest BCUT2D eigenvalue weighted by molar-refractivity contribution is 5.94. The SMILES string of the molecule is CCC(C)C(NC(=O)C(C)NC(=O)C(N)CCC(=O)O)C(=O)NC(CO)C(=O)O. The molecule has 5 unspecified atom stereocenters. The lowest BCUT2D eigenvalue weighted by Crippen LogP contribution is -2.58. The molecule has 5 atom stereocenters. The lowest BCUT2D eigenvalue weighted by molar-refractivity contribution is -0.143. The van der Waals surface area contributed by atoms with E-state index in [1.165, 1.54) is 6.92 Å². The fourth-order valence-electron chi connectivity index (χ4n) is 2.22. The molecule has 0 rings (SSSR count). The predicted molar refractivity (Wildman–Crippen MR) is 100 cm³/mol. The highest BCUT2D eigenvalue weighted by Crippen LogP contribution is 2.09. The highest BCUT2D eigenvalue weighted by atomic mass is 16.4. The van der Waals surface area contributed by atoms with E-state index in [4.69, 9.17) is 21.1 Å². The second-order valence-corrected chi connectivity index (χ2v) is 6.72. The molecule has 12 nitrogen and oxygen atoms in total. The molecule has 12 heteroatoms. The van der Waals surface area contributed by atoms with E-state index < -0.39 is 60.4 Å². The van der Waals surface area contributed by atoms with Gasteiger partial charge in [-0.3, -0.25) is 19.2 Å². The molecule has 0 saturated heterocycles. The fourth-order valence-corrected chi connectivity index (χ4v) is 2.22. The van der Waals surface area contributed by atoms with Crippen LogP contribution in [0, 0.1) is 5.92 Å². The molecule has 0 spiro atoms. The molecule has 3 amide bonds. The van der Waals surface area contributed by atoms with E-state index in [9.17, 15) is 24.0 Å². The number of hydrogen-bond acceptors (Lipinski definition) is 7. The predicted octanol–water partition coefficient (Wildman–Crippen LogP) is -2.22. The van der Waals surface area contributed by atoms with Crippen LogP contribution in [0.5, 0.6) is 0 Å². The first-order valence-electron chi connectivity index (χ1n) is 9.16. The Morgan fingerprint density at radius 2 is 1.52 bits per heavy atom. The Kier molecular flexibility index (Phi) is 11.5.